The number of ether oxygens (including phenoxy) is 1. The Morgan fingerprint density at radius 3 is 2.95 bits per heavy atom. The molecule has 1 N–H and O–H groups in total. The predicted octanol–water partition coefficient (Wildman–Crippen LogP) is 1.06. The summed E-state index contributed by atoms with van der Waals surface area (Å²) in [5, 5.41) is 8.45. The van der Waals surface area contributed by atoms with Crippen molar-refractivity contribution in [2.75, 3.05) is 33.3 Å². The maximum Gasteiger partial charge on any atom is 0.0863 e. The number of halogens is 1. The molecule has 1 unspecified atom stereocenters. The summed E-state index contributed by atoms with van der Waals surface area (Å²) in [6.07, 6.45) is 1.13. The summed E-state index contributed by atoms with van der Waals surface area (Å²) in [7, 11) is 3.92. The molecule has 19 heavy (non-hydrogen) atoms. The van der Waals surface area contributed by atoms with E-state index in [4.69, 9.17) is 16.3 Å². The van der Waals surface area contributed by atoms with Crippen molar-refractivity contribution >= 4 is 11.6 Å². The number of morpholine rings is 1. The molecule has 2 rings (SSSR count). The van der Waals surface area contributed by atoms with Gasteiger partial charge in [0.05, 0.1) is 29.1 Å². The van der Waals surface area contributed by atoms with E-state index in [0.29, 0.717) is 0 Å². The van der Waals surface area contributed by atoms with Crippen molar-refractivity contribution in [1.29, 1.82) is 0 Å². The highest BCUT2D eigenvalue weighted by Gasteiger charge is 2.22. The van der Waals surface area contributed by atoms with Crippen LogP contribution in [0.2, 0.25) is 5.02 Å². The molecule has 1 aromatic heterocycles. The molecular formula is C13H23ClN4O. The van der Waals surface area contributed by atoms with Gasteiger partial charge in [0.2, 0.25) is 0 Å². The first kappa shape index (κ1) is 14.8. The van der Waals surface area contributed by atoms with Crippen LogP contribution < -0.4 is 5.32 Å². The van der Waals surface area contributed by atoms with E-state index in [0.717, 1.165) is 55.6 Å². The van der Waals surface area contributed by atoms with Gasteiger partial charge in [-0.25, -0.2) is 0 Å². The van der Waals surface area contributed by atoms with Crippen molar-refractivity contribution in [3.63, 3.8) is 0 Å². The van der Waals surface area contributed by atoms with Crippen molar-refractivity contribution in [2.24, 2.45) is 7.05 Å². The summed E-state index contributed by atoms with van der Waals surface area (Å²) in [6, 6.07) is 0. The Labute approximate surface area is 119 Å². The zero-order valence-electron chi connectivity index (χ0n) is 11.9. The average Bonchev–Trinajstić information content (AvgIpc) is 2.67. The summed E-state index contributed by atoms with van der Waals surface area (Å²) < 4.78 is 7.62. The number of aromatic nitrogens is 2. The third-order valence-corrected chi connectivity index (χ3v) is 3.97. The summed E-state index contributed by atoms with van der Waals surface area (Å²) in [4.78, 5) is 2.38. The first-order chi connectivity index (χ1) is 9.15. The van der Waals surface area contributed by atoms with Gasteiger partial charge in [-0.15, -0.1) is 0 Å². The van der Waals surface area contributed by atoms with E-state index in [2.05, 4.69) is 22.2 Å². The van der Waals surface area contributed by atoms with E-state index in [1.54, 1.807) is 0 Å². The second-order valence-corrected chi connectivity index (χ2v) is 5.35. The molecule has 0 saturated carbocycles. The molecule has 1 aliphatic rings. The molecule has 1 saturated heterocycles. The van der Waals surface area contributed by atoms with Gasteiger partial charge in [0.25, 0.3) is 0 Å². The molecule has 5 nitrogen and oxygen atoms in total. The number of aryl methyl sites for hydroxylation is 2. The molecular weight excluding hydrogens is 264 g/mol. The van der Waals surface area contributed by atoms with Crippen molar-refractivity contribution in [2.45, 2.75) is 26.0 Å². The summed E-state index contributed by atoms with van der Waals surface area (Å²) in [5.74, 6) is 0. The van der Waals surface area contributed by atoms with E-state index >= 15 is 0 Å². The Kier molecular flexibility index (Phi) is 5.21. The molecule has 0 radical (unpaired) electrons. The van der Waals surface area contributed by atoms with Crippen LogP contribution in [0.25, 0.3) is 0 Å². The first-order valence-corrected chi connectivity index (χ1v) is 7.22. The van der Waals surface area contributed by atoms with Gasteiger partial charge in [-0.2, -0.15) is 5.10 Å². The SMILES string of the molecule is CCc1nn(C)c(CN2CCOC(CNC)C2)c1Cl. The first-order valence-electron chi connectivity index (χ1n) is 6.84. The Morgan fingerprint density at radius 1 is 1.53 bits per heavy atom. The maximum absolute atomic E-state index is 6.39. The molecule has 0 aromatic carbocycles. The Morgan fingerprint density at radius 2 is 2.32 bits per heavy atom. The van der Waals surface area contributed by atoms with E-state index in [1.807, 2.05) is 18.8 Å². The third kappa shape index (κ3) is 3.48. The topological polar surface area (TPSA) is 42.3 Å². The molecule has 0 bridgehead atoms. The third-order valence-electron chi connectivity index (χ3n) is 3.53. The van der Waals surface area contributed by atoms with Gasteiger partial charge in [0, 0.05) is 33.2 Å². The van der Waals surface area contributed by atoms with Crippen LogP contribution in [0.1, 0.15) is 18.3 Å². The monoisotopic (exact) mass is 286 g/mol. The average molecular weight is 287 g/mol. The molecule has 0 spiro atoms. The summed E-state index contributed by atoms with van der Waals surface area (Å²) in [6.45, 7) is 6.47. The van der Waals surface area contributed by atoms with Crippen LogP contribution in [-0.2, 0) is 24.8 Å². The van der Waals surface area contributed by atoms with E-state index in [-0.39, 0.29) is 6.10 Å². The van der Waals surface area contributed by atoms with Crippen LogP contribution in [0.15, 0.2) is 0 Å². The molecule has 108 valence electrons. The van der Waals surface area contributed by atoms with Gasteiger partial charge in [-0.05, 0) is 13.5 Å². The fourth-order valence-corrected chi connectivity index (χ4v) is 2.83. The molecule has 0 aliphatic carbocycles. The lowest BCUT2D eigenvalue weighted by Gasteiger charge is -2.32. The molecule has 1 aromatic rings. The van der Waals surface area contributed by atoms with Crippen LogP contribution >= 0.6 is 11.6 Å². The molecule has 1 fully saturated rings. The standard InChI is InChI=1S/C13H23ClN4O/c1-4-11-13(14)12(17(3)16-11)9-18-5-6-19-10(8-18)7-15-2/h10,15H,4-9H2,1-3H3. The van der Waals surface area contributed by atoms with Gasteiger partial charge in [-0.3, -0.25) is 9.58 Å². The second-order valence-electron chi connectivity index (χ2n) is 4.97. The normalized spacial score (nSPS) is 20.9. The van der Waals surface area contributed by atoms with E-state index in [9.17, 15) is 0 Å². The maximum atomic E-state index is 6.39. The molecule has 2 heterocycles. The van der Waals surface area contributed by atoms with E-state index < -0.39 is 0 Å². The van der Waals surface area contributed by atoms with Gasteiger partial charge in [0.15, 0.2) is 0 Å². The van der Waals surface area contributed by atoms with Crippen LogP contribution in [0.3, 0.4) is 0 Å². The number of hydrogen-bond acceptors (Lipinski definition) is 4. The highest BCUT2D eigenvalue weighted by Crippen LogP contribution is 2.22. The fraction of sp³-hybridized carbons (Fsp3) is 0.769. The minimum Gasteiger partial charge on any atom is -0.374 e. The Balaban J connectivity index is 2.02. The Hall–Kier alpha value is -0.620. The number of likely N-dealkylation sites (N-methyl/N-ethyl adjacent to an activating group) is 1. The smallest absolute Gasteiger partial charge is 0.0863 e. The number of nitrogens with zero attached hydrogens (tertiary/aromatic N) is 3. The lowest BCUT2D eigenvalue weighted by Crippen LogP contribution is -2.45. The van der Waals surface area contributed by atoms with Crippen molar-refractivity contribution < 1.29 is 4.74 Å². The highest BCUT2D eigenvalue weighted by molar-refractivity contribution is 6.31. The van der Waals surface area contributed by atoms with E-state index in [1.165, 1.54) is 0 Å². The van der Waals surface area contributed by atoms with Gasteiger partial charge in [-0.1, -0.05) is 18.5 Å². The summed E-state index contributed by atoms with van der Waals surface area (Å²) in [5.41, 5.74) is 2.09. The van der Waals surface area contributed by atoms with Gasteiger partial charge in [0.1, 0.15) is 0 Å². The minimum absolute atomic E-state index is 0.261. The number of rotatable bonds is 5. The second kappa shape index (κ2) is 6.70. The molecule has 1 aliphatic heterocycles. The minimum atomic E-state index is 0.261. The highest BCUT2D eigenvalue weighted by atomic mass is 35.5. The van der Waals surface area contributed by atoms with Crippen LogP contribution in [0.4, 0.5) is 0 Å². The van der Waals surface area contributed by atoms with Crippen molar-refractivity contribution in [3.05, 3.63) is 16.4 Å². The van der Waals surface area contributed by atoms with Crippen LogP contribution in [0.5, 0.6) is 0 Å². The zero-order valence-corrected chi connectivity index (χ0v) is 12.7. The Bertz CT molecular complexity index is 419. The van der Waals surface area contributed by atoms with Crippen molar-refractivity contribution in [1.82, 2.24) is 20.0 Å². The lowest BCUT2D eigenvalue weighted by atomic mass is 10.2. The van der Waals surface area contributed by atoms with Crippen LogP contribution in [-0.4, -0.2) is 54.1 Å². The van der Waals surface area contributed by atoms with Crippen molar-refractivity contribution in [3.8, 4) is 0 Å². The fourth-order valence-electron chi connectivity index (χ4n) is 2.48. The van der Waals surface area contributed by atoms with Gasteiger partial charge < -0.3 is 10.1 Å². The number of nitrogens with one attached hydrogen (secondary N) is 1. The van der Waals surface area contributed by atoms with Gasteiger partial charge >= 0.3 is 0 Å². The molecule has 1 atom stereocenters. The number of hydrogen-bond donors (Lipinski definition) is 1. The molecule has 0 amide bonds. The largest absolute Gasteiger partial charge is 0.374 e. The predicted molar refractivity (Wildman–Crippen MR) is 76.5 cm³/mol. The summed E-state index contributed by atoms with van der Waals surface area (Å²) >= 11 is 6.39. The molecule has 6 heteroatoms. The zero-order chi connectivity index (χ0) is 13.8. The lowest BCUT2D eigenvalue weighted by molar-refractivity contribution is -0.0297. The van der Waals surface area contributed by atoms with Crippen LogP contribution in [0, 0.1) is 0 Å². The quantitative estimate of drug-likeness (QED) is 0.879.